The Balaban J connectivity index is 1.63. The van der Waals surface area contributed by atoms with Gasteiger partial charge in [0.05, 0.1) is 11.4 Å². The fourth-order valence-corrected chi connectivity index (χ4v) is 6.13. The van der Waals surface area contributed by atoms with Crippen molar-refractivity contribution in [3.05, 3.63) is 95.1 Å². The summed E-state index contributed by atoms with van der Waals surface area (Å²) >= 11 is 0. The van der Waals surface area contributed by atoms with Gasteiger partial charge in [-0.3, -0.25) is 0 Å². The molecule has 0 radical (unpaired) electrons. The number of nitrogens with zero attached hydrogens (tertiary/aromatic N) is 2. The molecule has 0 aromatic heterocycles. The van der Waals surface area contributed by atoms with Gasteiger partial charge in [0, 0.05) is 16.8 Å². The molecule has 2 nitrogen and oxygen atoms in total. The van der Waals surface area contributed by atoms with Gasteiger partial charge < -0.3 is 9.80 Å². The number of anilines is 4. The zero-order valence-corrected chi connectivity index (χ0v) is 21.2. The molecular weight excluding hydrogens is 412 g/mol. The Morgan fingerprint density at radius 2 is 1.21 bits per heavy atom. The number of fused-ring (bicyclic) bond motifs is 3. The molecule has 2 aliphatic rings. The van der Waals surface area contributed by atoms with E-state index in [0.717, 1.165) is 6.67 Å². The summed E-state index contributed by atoms with van der Waals surface area (Å²) in [4.78, 5) is 5.16. The number of hydrogen-bond donors (Lipinski definition) is 0. The number of para-hydroxylation sites is 2. The van der Waals surface area contributed by atoms with Crippen LogP contribution >= 0.6 is 0 Å². The smallest absolute Gasteiger partial charge is 0.100 e. The fourth-order valence-electron chi connectivity index (χ4n) is 6.13. The van der Waals surface area contributed by atoms with Gasteiger partial charge in [-0.15, -0.1) is 0 Å². The van der Waals surface area contributed by atoms with Crippen LogP contribution in [0.1, 0.15) is 75.6 Å². The highest BCUT2D eigenvalue weighted by atomic mass is 15.4. The first-order valence-electron chi connectivity index (χ1n) is 12.6. The Labute approximate surface area is 203 Å². The van der Waals surface area contributed by atoms with Gasteiger partial charge in [0.1, 0.15) is 6.67 Å². The molecule has 34 heavy (non-hydrogen) atoms. The summed E-state index contributed by atoms with van der Waals surface area (Å²) in [6.07, 6.45) is 0. The van der Waals surface area contributed by atoms with Crippen LogP contribution in [0.2, 0.25) is 0 Å². The molecule has 0 aliphatic carbocycles. The normalized spacial score (nSPS) is 15.9. The van der Waals surface area contributed by atoms with Gasteiger partial charge in [-0.25, -0.2) is 0 Å². The maximum absolute atomic E-state index is 2.59. The predicted molar refractivity (Wildman–Crippen MR) is 146 cm³/mol. The molecule has 2 heterocycles. The molecule has 172 valence electrons. The third kappa shape index (κ3) is 2.87. The minimum atomic E-state index is -0.0599. The number of benzene rings is 4. The van der Waals surface area contributed by atoms with Gasteiger partial charge in [0.2, 0.25) is 0 Å². The van der Waals surface area contributed by atoms with Gasteiger partial charge in [-0.2, -0.15) is 0 Å². The Morgan fingerprint density at radius 3 is 1.85 bits per heavy atom. The maximum atomic E-state index is 2.59. The molecule has 4 aromatic rings. The molecule has 0 N–H and O–H groups in total. The second-order valence-electron chi connectivity index (χ2n) is 11.1. The number of hydrogen-bond acceptors (Lipinski definition) is 2. The van der Waals surface area contributed by atoms with Gasteiger partial charge in [0.25, 0.3) is 0 Å². The van der Waals surface area contributed by atoms with Crippen LogP contribution in [-0.2, 0) is 5.41 Å². The minimum absolute atomic E-state index is 0.0599. The van der Waals surface area contributed by atoms with Crippen LogP contribution in [0.5, 0.6) is 0 Å². The molecule has 2 heteroatoms. The van der Waals surface area contributed by atoms with E-state index in [-0.39, 0.29) is 5.41 Å². The van der Waals surface area contributed by atoms with Crippen LogP contribution in [0.4, 0.5) is 22.7 Å². The van der Waals surface area contributed by atoms with Crippen molar-refractivity contribution in [2.24, 2.45) is 0 Å². The largest absolute Gasteiger partial charge is 0.320 e. The van der Waals surface area contributed by atoms with Gasteiger partial charge in [0.15, 0.2) is 0 Å². The van der Waals surface area contributed by atoms with E-state index in [9.17, 15) is 0 Å². The highest BCUT2D eigenvalue weighted by Gasteiger charge is 2.43. The predicted octanol–water partition coefficient (Wildman–Crippen LogP) is 8.97. The quantitative estimate of drug-likeness (QED) is 0.310. The highest BCUT2D eigenvalue weighted by molar-refractivity contribution is 5.98. The minimum Gasteiger partial charge on any atom is -0.320 e. The first-order valence-corrected chi connectivity index (χ1v) is 12.6. The summed E-state index contributed by atoms with van der Waals surface area (Å²) in [7, 11) is 0. The van der Waals surface area contributed by atoms with Crippen LogP contribution in [0.15, 0.2) is 72.8 Å². The lowest BCUT2D eigenvalue weighted by atomic mass is 9.73. The molecule has 6 rings (SSSR count). The lowest BCUT2D eigenvalue weighted by molar-refractivity contribution is 0.630. The van der Waals surface area contributed by atoms with Crippen LogP contribution in [-0.4, -0.2) is 6.67 Å². The maximum Gasteiger partial charge on any atom is 0.100 e. The van der Waals surface area contributed by atoms with Gasteiger partial charge in [-0.1, -0.05) is 96.1 Å². The third-order valence-electron chi connectivity index (χ3n) is 7.97. The van der Waals surface area contributed by atoms with Crippen molar-refractivity contribution in [1.29, 1.82) is 0 Å². The molecule has 0 unspecified atom stereocenters. The zero-order valence-electron chi connectivity index (χ0n) is 21.2. The monoisotopic (exact) mass is 446 g/mol. The lowest BCUT2D eigenvalue weighted by Gasteiger charge is -2.39. The second kappa shape index (κ2) is 7.37. The topological polar surface area (TPSA) is 6.48 Å². The SMILES string of the molecule is CC(C)c1cccc(C(C)C)c1N1CN2c3cc4ccccc4cc3C(C)(C)c3cccc1c32. The first kappa shape index (κ1) is 21.3. The molecule has 0 saturated carbocycles. The molecule has 4 aromatic carbocycles. The molecule has 0 atom stereocenters. The van der Waals surface area contributed by atoms with Gasteiger partial charge >= 0.3 is 0 Å². The van der Waals surface area contributed by atoms with Crippen molar-refractivity contribution < 1.29 is 0 Å². The molecule has 0 saturated heterocycles. The third-order valence-corrected chi connectivity index (χ3v) is 7.97. The van der Waals surface area contributed by atoms with Crippen molar-refractivity contribution >= 4 is 33.5 Å². The average Bonchev–Trinajstić information content (AvgIpc) is 3.21. The van der Waals surface area contributed by atoms with E-state index in [1.165, 1.54) is 55.8 Å². The Hall–Kier alpha value is -3.26. The van der Waals surface area contributed by atoms with E-state index < -0.39 is 0 Å². The van der Waals surface area contributed by atoms with Crippen molar-refractivity contribution in [2.45, 2.75) is 58.8 Å². The van der Waals surface area contributed by atoms with Crippen molar-refractivity contribution in [3.63, 3.8) is 0 Å². The molecular formula is C32H34N2. The Kier molecular flexibility index (Phi) is 4.61. The molecule has 0 fully saturated rings. The summed E-state index contributed by atoms with van der Waals surface area (Å²) in [5.74, 6) is 0.930. The van der Waals surface area contributed by atoms with Crippen LogP contribution in [0.3, 0.4) is 0 Å². The molecule has 0 spiro atoms. The molecule has 0 amide bonds. The second-order valence-corrected chi connectivity index (χ2v) is 11.1. The summed E-state index contributed by atoms with van der Waals surface area (Å²) < 4.78 is 0. The Morgan fingerprint density at radius 1 is 0.618 bits per heavy atom. The van der Waals surface area contributed by atoms with E-state index in [0.29, 0.717) is 11.8 Å². The highest BCUT2D eigenvalue weighted by Crippen LogP contribution is 2.57. The van der Waals surface area contributed by atoms with Crippen molar-refractivity contribution in [2.75, 3.05) is 16.5 Å². The molecule has 0 bridgehead atoms. The summed E-state index contributed by atoms with van der Waals surface area (Å²) in [6, 6.07) is 27.4. The lowest BCUT2D eigenvalue weighted by Crippen LogP contribution is -2.33. The number of rotatable bonds is 3. The average molecular weight is 447 g/mol. The summed E-state index contributed by atoms with van der Waals surface area (Å²) in [6.45, 7) is 14.9. The standard InChI is InChI=1S/C32H34N2/c1-20(2)24-13-9-14-25(21(3)4)30(24)33-19-34-29-18-23-12-8-7-11-22(23)17-27(29)32(5,6)26-15-10-16-28(33)31(26)34/h7-18,20-21H,19H2,1-6H3. The van der Waals surface area contributed by atoms with E-state index in [1.807, 2.05) is 0 Å². The Bertz CT molecular complexity index is 1400. The zero-order chi connectivity index (χ0) is 23.8. The van der Waals surface area contributed by atoms with E-state index in [1.54, 1.807) is 0 Å². The fraction of sp³-hybridized carbons (Fsp3) is 0.312. The van der Waals surface area contributed by atoms with E-state index in [4.69, 9.17) is 0 Å². The van der Waals surface area contributed by atoms with Crippen LogP contribution in [0.25, 0.3) is 10.8 Å². The van der Waals surface area contributed by atoms with E-state index in [2.05, 4.69) is 124 Å². The van der Waals surface area contributed by atoms with Crippen molar-refractivity contribution in [1.82, 2.24) is 0 Å². The van der Waals surface area contributed by atoms with Crippen LogP contribution < -0.4 is 9.80 Å². The summed E-state index contributed by atoms with van der Waals surface area (Å²) in [5, 5.41) is 2.62. The molecule has 2 aliphatic heterocycles. The van der Waals surface area contributed by atoms with Gasteiger partial charge in [-0.05, 0) is 63.1 Å². The first-order chi connectivity index (χ1) is 16.3. The van der Waals surface area contributed by atoms with Crippen molar-refractivity contribution in [3.8, 4) is 0 Å². The summed E-state index contributed by atoms with van der Waals surface area (Å²) in [5.41, 5.74) is 11.1. The van der Waals surface area contributed by atoms with E-state index >= 15 is 0 Å². The van der Waals surface area contributed by atoms with Crippen LogP contribution in [0, 0.1) is 0 Å².